The molecular formula is C18H30N2. The van der Waals surface area contributed by atoms with Crippen LogP contribution in [0.25, 0.3) is 0 Å². The summed E-state index contributed by atoms with van der Waals surface area (Å²) in [6.45, 7) is 17.3. The van der Waals surface area contributed by atoms with Crippen molar-refractivity contribution in [3.63, 3.8) is 0 Å². The molecule has 0 bridgehead atoms. The quantitative estimate of drug-likeness (QED) is 0.826. The zero-order chi connectivity index (χ0) is 14.8. The maximum Gasteiger partial charge on any atom is 0.0372 e. The lowest BCUT2D eigenvalue weighted by Crippen LogP contribution is -2.46. The third kappa shape index (κ3) is 3.76. The van der Waals surface area contributed by atoms with Gasteiger partial charge in [-0.2, -0.15) is 0 Å². The second-order valence-corrected chi connectivity index (χ2v) is 7.14. The maximum atomic E-state index is 2.58. The minimum absolute atomic E-state index is 0.227. The molecular weight excluding hydrogens is 244 g/mol. The van der Waals surface area contributed by atoms with Crippen LogP contribution >= 0.6 is 0 Å². The first-order chi connectivity index (χ1) is 9.40. The molecule has 0 unspecified atom stereocenters. The fourth-order valence-corrected chi connectivity index (χ4v) is 2.92. The second kappa shape index (κ2) is 6.17. The van der Waals surface area contributed by atoms with Gasteiger partial charge in [0.2, 0.25) is 0 Å². The summed E-state index contributed by atoms with van der Waals surface area (Å²) in [5.41, 5.74) is 4.46. The Hall–Kier alpha value is -1.02. The van der Waals surface area contributed by atoms with Crippen LogP contribution in [0.4, 0.5) is 5.69 Å². The van der Waals surface area contributed by atoms with Gasteiger partial charge in [-0.3, -0.25) is 4.90 Å². The van der Waals surface area contributed by atoms with Crippen LogP contribution < -0.4 is 4.90 Å². The van der Waals surface area contributed by atoms with E-state index in [1.54, 1.807) is 0 Å². The van der Waals surface area contributed by atoms with Crippen molar-refractivity contribution in [3.05, 3.63) is 29.3 Å². The first kappa shape index (κ1) is 15.4. The van der Waals surface area contributed by atoms with Gasteiger partial charge >= 0.3 is 0 Å². The van der Waals surface area contributed by atoms with Crippen molar-refractivity contribution in [1.29, 1.82) is 0 Å². The van der Waals surface area contributed by atoms with Crippen LogP contribution in [0.2, 0.25) is 0 Å². The molecule has 20 heavy (non-hydrogen) atoms. The van der Waals surface area contributed by atoms with E-state index in [1.165, 1.54) is 42.9 Å². The summed E-state index contributed by atoms with van der Waals surface area (Å²) in [6.07, 6.45) is 1.26. The Bertz CT molecular complexity index is 437. The number of hydrogen-bond donors (Lipinski definition) is 0. The molecule has 0 amide bonds. The van der Waals surface area contributed by atoms with E-state index in [-0.39, 0.29) is 5.41 Å². The van der Waals surface area contributed by atoms with Crippen molar-refractivity contribution >= 4 is 5.69 Å². The monoisotopic (exact) mass is 274 g/mol. The summed E-state index contributed by atoms with van der Waals surface area (Å²) < 4.78 is 0. The average molecular weight is 274 g/mol. The first-order valence-electron chi connectivity index (χ1n) is 7.99. The predicted molar refractivity (Wildman–Crippen MR) is 88.8 cm³/mol. The van der Waals surface area contributed by atoms with E-state index >= 15 is 0 Å². The van der Waals surface area contributed by atoms with Crippen molar-refractivity contribution in [2.24, 2.45) is 0 Å². The van der Waals surface area contributed by atoms with Gasteiger partial charge in [0.1, 0.15) is 0 Å². The maximum absolute atomic E-state index is 2.58. The fraction of sp³-hybridized carbons (Fsp3) is 0.667. The lowest BCUT2D eigenvalue weighted by atomic mass is 9.86. The molecule has 0 saturated carbocycles. The molecule has 2 rings (SSSR count). The van der Waals surface area contributed by atoms with Gasteiger partial charge in [-0.15, -0.1) is 0 Å². The van der Waals surface area contributed by atoms with Gasteiger partial charge in [0.05, 0.1) is 0 Å². The number of benzene rings is 1. The third-order valence-electron chi connectivity index (χ3n) is 4.21. The Labute approximate surface area is 124 Å². The van der Waals surface area contributed by atoms with Gasteiger partial charge < -0.3 is 4.90 Å². The Morgan fingerprint density at radius 1 is 1.00 bits per heavy atom. The SMILES string of the molecule is CCCN1CCN(c2cc(C)cc(C(C)(C)C)c2)CC1. The van der Waals surface area contributed by atoms with E-state index in [2.05, 4.69) is 62.6 Å². The van der Waals surface area contributed by atoms with Gasteiger partial charge in [0.15, 0.2) is 0 Å². The van der Waals surface area contributed by atoms with E-state index in [4.69, 9.17) is 0 Å². The summed E-state index contributed by atoms with van der Waals surface area (Å²) in [4.78, 5) is 5.13. The molecule has 1 heterocycles. The number of nitrogens with zero attached hydrogens (tertiary/aromatic N) is 2. The summed E-state index contributed by atoms with van der Waals surface area (Å²) in [5.74, 6) is 0. The smallest absolute Gasteiger partial charge is 0.0372 e. The molecule has 2 heteroatoms. The zero-order valence-electron chi connectivity index (χ0n) is 13.9. The Balaban J connectivity index is 2.12. The average Bonchev–Trinajstić information content (AvgIpc) is 2.38. The van der Waals surface area contributed by atoms with Crippen LogP contribution in [0.5, 0.6) is 0 Å². The van der Waals surface area contributed by atoms with Crippen LogP contribution in [0.3, 0.4) is 0 Å². The minimum Gasteiger partial charge on any atom is -0.369 e. The molecule has 0 aliphatic carbocycles. The number of piperazine rings is 1. The van der Waals surface area contributed by atoms with Crippen LogP contribution in [0.15, 0.2) is 18.2 Å². The summed E-state index contributed by atoms with van der Waals surface area (Å²) in [7, 11) is 0. The largest absolute Gasteiger partial charge is 0.369 e. The van der Waals surface area contributed by atoms with Crippen LogP contribution in [-0.2, 0) is 5.41 Å². The summed E-state index contributed by atoms with van der Waals surface area (Å²) in [6, 6.07) is 7.06. The Morgan fingerprint density at radius 3 is 2.20 bits per heavy atom. The van der Waals surface area contributed by atoms with Gasteiger partial charge in [0, 0.05) is 31.9 Å². The summed E-state index contributed by atoms with van der Waals surface area (Å²) >= 11 is 0. The van der Waals surface area contributed by atoms with E-state index in [0.717, 1.165) is 13.1 Å². The Kier molecular flexibility index (Phi) is 4.74. The number of hydrogen-bond acceptors (Lipinski definition) is 2. The molecule has 1 aliphatic rings. The van der Waals surface area contributed by atoms with Crippen LogP contribution in [0.1, 0.15) is 45.2 Å². The number of aryl methyl sites for hydroxylation is 1. The van der Waals surface area contributed by atoms with E-state index in [0.29, 0.717) is 0 Å². The molecule has 1 aliphatic heterocycles. The fourth-order valence-electron chi connectivity index (χ4n) is 2.92. The molecule has 0 spiro atoms. The highest BCUT2D eigenvalue weighted by Crippen LogP contribution is 2.28. The van der Waals surface area contributed by atoms with Crippen LogP contribution in [0, 0.1) is 6.92 Å². The third-order valence-corrected chi connectivity index (χ3v) is 4.21. The molecule has 0 N–H and O–H groups in total. The lowest BCUT2D eigenvalue weighted by molar-refractivity contribution is 0.258. The van der Waals surface area contributed by atoms with Gasteiger partial charge in [-0.1, -0.05) is 33.8 Å². The van der Waals surface area contributed by atoms with Crippen molar-refractivity contribution in [1.82, 2.24) is 4.90 Å². The molecule has 1 fully saturated rings. The van der Waals surface area contributed by atoms with E-state index in [1.807, 2.05) is 0 Å². The topological polar surface area (TPSA) is 6.48 Å². The molecule has 0 atom stereocenters. The number of rotatable bonds is 3. The van der Waals surface area contributed by atoms with E-state index < -0.39 is 0 Å². The van der Waals surface area contributed by atoms with Crippen molar-refractivity contribution in [2.45, 2.75) is 46.5 Å². The highest BCUT2D eigenvalue weighted by molar-refractivity contribution is 5.52. The molecule has 112 valence electrons. The standard InChI is InChI=1S/C18H30N2/c1-6-7-19-8-10-20(11-9-19)17-13-15(2)12-16(14-17)18(3,4)5/h12-14H,6-11H2,1-5H3. The van der Waals surface area contributed by atoms with Crippen LogP contribution in [-0.4, -0.2) is 37.6 Å². The Morgan fingerprint density at radius 2 is 1.65 bits per heavy atom. The van der Waals surface area contributed by atoms with Gasteiger partial charge in [-0.25, -0.2) is 0 Å². The lowest BCUT2D eigenvalue weighted by Gasteiger charge is -2.36. The molecule has 1 aromatic rings. The molecule has 0 aromatic heterocycles. The van der Waals surface area contributed by atoms with Gasteiger partial charge in [-0.05, 0) is 48.6 Å². The van der Waals surface area contributed by atoms with Crippen molar-refractivity contribution in [2.75, 3.05) is 37.6 Å². The molecule has 2 nitrogen and oxygen atoms in total. The first-order valence-corrected chi connectivity index (χ1v) is 7.99. The predicted octanol–water partition coefficient (Wildman–Crippen LogP) is 3.82. The highest BCUT2D eigenvalue weighted by atomic mass is 15.3. The number of anilines is 1. The normalized spacial score (nSPS) is 17.6. The summed E-state index contributed by atoms with van der Waals surface area (Å²) in [5, 5.41) is 0. The molecule has 1 aromatic carbocycles. The van der Waals surface area contributed by atoms with Gasteiger partial charge in [0.25, 0.3) is 0 Å². The molecule has 1 saturated heterocycles. The molecule has 0 radical (unpaired) electrons. The van der Waals surface area contributed by atoms with Crippen molar-refractivity contribution in [3.8, 4) is 0 Å². The minimum atomic E-state index is 0.227. The van der Waals surface area contributed by atoms with Crippen molar-refractivity contribution < 1.29 is 0 Å². The highest BCUT2D eigenvalue weighted by Gasteiger charge is 2.19. The van der Waals surface area contributed by atoms with E-state index in [9.17, 15) is 0 Å². The zero-order valence-corrected chi connectivity index (χ0v) is 13.9. The second-order valence-electron chi connectivity index (χ2n) is 7.14.